The quantitative estimate of drug-likeness (QED) is 0.0264. The summed E-state index contributed by atoms with van der Waals surface area (Å²) in [7, 11) is 0. The van der Waals surface area contributed by atoms with Gasteiger partial charge in [0.05, 0.1) is 0 Å². The fourth-order valence-corrected chi connectivity index (χ4v) is 6.38. The highest BCUT2D eigenvalue weighted by Crippen LogP contribution is 2.13. The summed E-state index contributed by atoms with van der Waals surface area (Å²) < 4.78 is 16.6. The number of ether oxygens (including phenoxy) is 3. The van der Waals surface area contributed by atoms with Crippen molar-refractivity contribution in [3.05, 3.63) is 72.9 Å². The van der Waals surface area contributed by atoms with Crippen molar-refractivity contribution in [3.8, 4) is 0 Å². The Balaban J connectivity index is 4.16. The van der Waals surface area contributed by atoms with Crippen molar-refractivity contribution in [1.29, 1.82) is 0 Å². The van der Waals surface area contributed by atoms with Gasteiger partial charge in [0.1, 0.15) is 13.2 Å². The predicted molar refractivity (Wildman–Crippen MR) is 247 cm³/mol. The Labute approximate surface area is 357 Å². The molecule has 6 nitrogen and oxygen atoms in total. The summed E-state index contributed by atoms with van der Waals surface area (Å²) in [5, 5.41) is 0. The summed E-state index contributed by atoms with van der Waals surface area (Å²) in [5.74, 6) is -0.910. The molecule has 0 amide bonds. The molecule has 0 aromatic heterocycles. The Hall–Kier alpha value is -3.15. The van der Waals surface area contributed by atoms with Gasteiger partial charge < -0.3 is 14.2 Å². The van der Waals surface area contributed by atoms with E-state index in [0.717, 1.165) is 103 Å². The minimum Gasteiger partial charge on any atom is -0.462 e. The number of carbonyl (C=O) groups is 3. The van der Waals surface area contributed by atoms with E-state index in [-0.39, 0.29) is 31.1 Å². The van der Waals surface area contributed by atoms with Crippen LogP contribution in [0.15, 0.2) is 72.9 Å². The van der Waals surface area contributed by atoms with Crippen molar-refractivity contribution < 1.29 is 28.6 Å². The average molecular weight is 809 g/mol. The number of allylic oxidation sites excluding steroid dienone is 12. The van der Waals surface area contributed by atoms with Crippen molar-refractivity contribution in [2.75, 3.05) is 13.2 Å². The van der Waals surface area contributed by atoms with E-state index >= 15 is 0 Å². The summed E-state index contributed by atoms with van der Waals surface area (Å²) in [4.78, 5) is 37.5. The van der Waals surface area contributed by atoms with Crippen LogP contribution >= 0.6 is 0 Å². The van der Waals surface area contributed by atoms with Crippen LogP contribution < -0.4 is 0 Å². The maximum absolute atomic E-state index is 12.6. The third kappa shape index (κ3) is 44.0. The van der Waals surface area contributed by atoms with E-state index in [9.17, 15) is 14.4 Å². The third-order valence-corrected chi connectivity index (χ3v) is 9.98. The van der Waals surface area contributed by atoms with Gasteiger partial charge in [0, 0.05) is 19.3 Å². The van der Waals surface area contributed by atoms with Crippen LogP contribution in [-0.2, 0) is 28.6 Å². The molecule has 0 saturated heterocycles. The average Bonchev–Trinajstić information content (AvgIpc) is 3.22. The maximum Gasteiger partial charge on any atom is 0.306 e. The number of esters is 3. The van der Waals surface area contributed by atoms with Crippen molar-refractivity contribution in [1.82, 2.24) is 0 Å². The first-order valence-corrected chi connectivity index (χ1v) is 23.9. The first kappa shape index (κ1) is 54.9. The molecule has 0 aliphatic heterocycles. The molecule has 1 unspecified atom stereocenters. The molecule has 58 heavy (non-hydrogen) atoms. The smallest absolute Gasteiger partial charge is 0.306 e. The van der Waals surface area contributed by atoms with Gasteiger partial charge in [-0.15, -0.1) is 0 Å². The summed E-state index contributed by atoms with van der Waals surface area (Å²) in [6, 6.07) is 0. The van der Waals surface area contributed by atoms with Crippen LogP contribution in [0.1, 0.15) is 220 Å². The summed E-state index contributed by atoms with van der Waals surface area (Å²) in [6.45, 7) is 6.41. The Kier molecular flexibility index (Phi) is 44.0. The van der Waals surface area contributed by atoms with E-state index in [1.165, 1.54) is 77.0 Å². The first-order valence-electron chi connectivity index (χ1n) is 23.9. The largest absolute Gasteiger partial charge is 0.462 e. The van der Waals surface area contributed by atoms with Crippen LogP contribution in [0.3, 0.4) is 0 Å². The standard InChI is InChI=1S/C52H88O6/c1-4-7-10-13-16-18-19-20-21-22-23-24-25-26-27-28-29-30-31-32-33-35-36-39-42-45-51(54)57-48-49(47-56-50(53)44-41-38-15-12-9-6-3)58-52(55)46-43-40-37-34-17-14-11-8-5-2/h7,10,16,18,20-21,23-24,26-27,29-30,49H,4-6,8-9,11-15,17,19,22,25,28,31-48H2,1-3H3/b10-7-,18-16-,21-20-,24-23-,27-26-,30-29-. The normalized spacial score (nSPS) is 12.7. The van der Waals surface area contributed by atoms with Crippen LogP contribution in [0.5, 0.6) is 0 Å². The molecule has 0 aromatic carbocycles. The van der Waals surface area contributed by atoms with E-state index < -0.39 is 6.10 Å². The Morgan fingerprint density at radius 3 is 1.05 bits per heavy atom. The van der Waals surface area contributed by atoms with E-state index in [4.69, 9.17) is 14.2 Å². The second-order valence-corrected chi connectivity index (χ2v) is 15.6. The highest BCUT2D eigenvalue weighted by Gasteiger charge is 2.19. The third-order valence-electron chi connectivity index (χ3n) is 9.98. The molecule has 6 heteroatoms. The number of hydrogen-bond donors (Lipinski definition) is 0. The molecule has 0 spiro atoms. The first-order chi connectivity index (χ1) is 28.5. The number of unbranched alkanes of at least 4 members (excludes halogenated alkanes) is 19. The zero-order valence-corrected chi connectivity index (χ0v) is 37.8. The topological polar surface area (TPSA) is 78.9 Å². The zero-order valence-electron chi connectivity index (χ0n) is 37.8. The molecule has 0 aliphatic carbocycles. The van der Waals surface area contributed by atoms with E-state index in [1.54, 1.807) is 0 Å². The molecule has 0 saturated carbocycles. The molecule has 0 aromatic rings. The number of rotatable bonds is 42. The summed E-state index contributed by atoms with van der Waals surface area (Å²) >= 11 is 0. The molecule has 332 valence electrons. The van der Waals surface area contributed by atoms with Crippen molar-refractivity contribution in [2.45, 2.75) is 226 Å². The zero-order chi connectivity index (χ0) is 42.3. The molecule has 0 fully saturated rings. The van der Waals surface area contributed by atoms with Gasteiger partial charge in [-0.3, -0.25) is 14.4 Å². The van der Waals surface area contributed by atoms with Gasteiger partial charge >= 0.3 is 17.9 Å². The Morgan fingerprint density at radius 1 is 0.362 bits per heavy atom. The van der Waals surface area contributed by atoms with E-state index in [0.29, 0.717) is 19.3 Å². The van der Waals surface area contributed by atoms with Crippen molar-refractivity contribution in [2.24, 2.45) is 0 Å². The SMILES string of the molecule is CC/C=C\C/C=C\C/C=C\C/C=C\C/C=C\C/C=C\CCCCCCCCC(=O)OCC(COC(=O)CCCCCCCC)OC(=O)CCCCCCCCCCC. The van der Waals surface area contributed by atoms with Gasteiger partial charge in [0.2, 0.25) is 0 Å². The molecule has 0 aliphatic rings. The van der Waals surface area contributed by atoms with Crippen LogP contribution in [0.4, 0.5) is 0 Å². The van der Waals surface area contributed by atoms with Gasteiger partial charge in [-0.25, -0.2) is 0 Å². The number of carbonyl (C=O) groups excluding carboxylic acids is 3. The molecular formula is C52H88O6. The lowest BCUT2D eigenvalue weighted by Gasteiger charge is -2.18. The van der Waals surface area contributed by atoms with Crippen molar-refractivity contribution in [3.63, 3.8) is 0 Å². The molecule has 0 heterocycles. The van der Waals surface area contributed by atoms with Gasteiger partial charge in [0.15, 0.2) is 6.10 Å². The second kappa shape index (κ2) is 46.5. The fourth-order valence-electron chi connectivity index (χ4n) is 6.38. The molecular weight excluding hydrogens is 721 g/mol. The van der Waals surface area contributed by atoms with Crippen LogP contribution in [0, 0.1) is 0 Å². The summed E-state index contributed by atoms with van der Waals surface area (Å²) in [5.41, 5.74) is 0. The lowest BCUT2D eigenvalue weighted by Crippen LogP contribution is -2.30. The van der Waals surface area contributed by atoms with Gasteiger partial charge in [-0.2, -0.15) is 0 Å². The molecule has 0 bridgehead atoms. The molecule has 0 radical (unpaired) electrons. The van der Waals surface area contributed by atoms with Crippen LogP contribution in [0.2, 0.25) is 0 Å². The monoisotopic (exact) mass is 809 g/mol. The Morgan fingerprint density at radius 2 is 0.672 bits per heavy atom. The maximum atomic E-state index is 12.6. The molecule has 0 rings (SSSR count). The lowest BCUT2D eigenvalue weighted by atomic mass is 10.1. The van der Waals surface area contributed by atoms with Gasteiger partial charge in [-0.1, -0.05) is 203 Å². The minimum absolute atomic E-state index is 0.0793. The fraction of sp³-hybridized carbons (Fsp3) is 0.712. The lowest BCUT2D eigenvalue weighted by molar-refractivity contribution is -0.167. The van der Waals surface area contributed by atoms with Crippen LogP contribution in [-0.4, -0.2) is 37.2 Å². The van der Waals surface area contributed by atoms with Gasteiger partial charge in [0.25, 0.3) is 0 Å². The number of hydrogen-bond acceptors (Lipinski definition) is 6. The molecule has 1 atom stereocenters. The predicted octanol–water partition coefficient (Wildman–Crippen LogP) is 15.5. The van der Waals surface area contributed by atoms with Gasteiger partial charge in [-0.05, 0) is 70.6 Å². The highest BCUT2D eigenvalue weighted by atomic mass is 16.6. The van der Waals surface area contributed by atoms with E-state index in [1.807, 2.05) is 0 Å². The van der Waals surface area contributed by atoms with E-state index in [2.05, 4.69) is 93.7 Å². The van der Waals surface area contributed by atoms with Crippen molar-refractivity contribution >= 4 is 17.9 Å². The Bertz CT molecular complexity index is 1110. The molecule has 0 N–H and O–H groups in total. The highest BCUT2D eigenvalue weighted by molar-refractivity contribution is 5.71. The van der Waals surface area contributed by atoms with Crippen LogP contribution in [0.25, 0.3) is 0 Å². The summed E-state index contributed by atoms with van der Waals surface area (Å²) in [6.07, 6.45) is 57.7. The second-order valence-electron chi connectivity index (χ2n) is 15.6. The minimum atomic E-state index is -0.773.